The normalized spacial score (nSPS) is 11.5. The van der Waals surface area contributed by atoms with E-state index >= 15 is 0 Å². The number of halogens is 1. The highest BCUT2D eigenvalue weighted by Crippen LogP contribution is 2.10. The van der Waals surface area contributed by atoms with E-state index < -0.39 is 0 Å². The summed E-state index contributed by atoms with van der Waals surface area (Å²) in [5, 5.41) is 8.56. The van der Waals surface area contributed by atoms with Crippen molar-refractivity contribution in [2.45, 2.75) is 32.7 Å². The third-order valence-corrected chi connectivity index (χ3v) is 3.22. The van der Waals surface area contributed by atoms with Gasteiger partial charge in [-0.2, -0.15) is 5.26 Å². The molecule has 0 saturated carbocycles. The summed E-state index contributed by atoms with van der Waals surface area (Å²) in [6.45, 7) is 4.52. The fraction of sp³-hybridized carbons (Fsp3) is 0.467. The first-order chi connectivity index (χ1) is 8.54. The lowest BCUT2D eigenvalue weighted by atomic mass is 10.0. The van der Waals surface area contributed by atoms with Crippen LogP contribution in [-0.4, -0.2) is 30.3 Å². The molecular weight excluding hydrogens is 260 g/mol. The van der Waals surface area contributed by atoms with Gasteiger partial charge >= 0.3 is 0 Å². The molecule has 0 aliphatic carbocycles. The van der Waals surface area contributed by atoms with Gasteiger partial charge in [0, 0.05) is 24.6 Å². The van der Waals surface area contributed by atoms with Crippen LogP contribution >= 0.6 is 12.4 Å². The highest BCUT2D eigenvalue weighted by molar-refractivity contribution is 5.93. The molecule has 0 radical (unpaired) electrons. The Morgan fingerprint density at radius 3 is 2.42 bits per heavy atom. The molecule has 0 aliphatic rings. The number of hydrogen-bond acceptors (Lipinski definition) is 3. The van der Waals surface area contributed by atoms with Gasteiger partial charge in [0.15, 0.2) is 5.78 Å². The fourth-order valence-corrected chi connectivity index (χ4v) is 1.82. The van der Waals surface area contributed by atoms with Gasteiger partial charge in [-0.25, -0.2) is 0 Å². The summed E-state index contributed by atoms with van der Waals surface area (Å²) in [6.07, 6.45) is 1.49. The van der Waals surface area contributed by atoms with Crippen LogP contribution < -0.4 is 0 Å². The molecule has 4 heteroatoms. The first kappa shape index (κ1) is 17.6. The van der Waals surface area contributed by atoms with E-state index in [9.17, 15) is 4.79 Å². The zero-order valence-corrected chi connectivity index (χ0v) is 12.5. The Balaban J connectivity index is 0.00000324. The number of nitrogens with zero attached hydrogens (tertiary/aromatic N) is 2. The molecule has 0 aliphatic heterocycles. The summed E-state index contributed by atoms with van der Waals surface area (Å²) in [6, 6.07) is 10.3. The van der Waals surface area contributed by atoms with Crippen LogP contribution in [0, 0.1) is 11.3 Å². The van der Waals surface area contributed by atoms with Crippen molar-refractivity contribution in [3.8, 4) is 6.07 Å². The Morgan fingerprint density at radius 1 is 1.37 bits per heavy atom. The minimum absolute atomic E-state index is 0. The topological polar surface area (TPSA) is 44.1 Å². The lowest BCUT2D eigenvalue weighted by molar-refractivity contribution is 0.101. The molecule has 0 saturated heterocycles. The molecule has 104 valence electrons. The van der Waals surface area contributed by atoms with Crippen molar-refractivity contribution < 1.29 is 4.79 Å². The Labute approximate surface area is 121 Å². The maximum atomic E-state index is 11.2. The molecule has 19 heavy (non-hydrogen) atoms. The number of likely N-dealkylation sites (N-methyl/N-ethyl adjacent to an activating group) is 1. The number of Topliss-reactive ketones (excluding diaryl/α,β-unsaturated/α-hetero) is 1. The third-order valence-electron chi connectivity index (χ3n) is 3.22. The van der Waals surface area contributed by atoms with Crippen molar-refractivity contribution in [1.82, 2.24) is 4.90 Å². The first-order valence-electron chi connectivity index (χ1n) is 6.21. The average molecular weight is 281 g/mol. The number of carbonyl (C=O) groups excluding carboxylic acids is 1. The van der Waals surface area contributed by atoms with Crippen LogP contribution in [0.25, 0.3) is 0 Å². The molecule has 1 unspecified atom stereocenters. The smallest absolute Gasteiger partial charge is 0.159 e. The van der Waals surface area contributed by atoms with Crippen molar-refractivity contribution in [2.24, 2.45) is 0 Å². The van der Waals surface area contributed by atoms with Gasteiger partial charge in [0.1, 0.15) is 0 Å². The number of ketones is 1. The second-order valence-corrected chi connectivity index (χ2v) is 4.69. The maximum Gasteiger partial charge on any atom is 0.159 e. The standard InChI is InChI=1S/C15H20N2O.ClH/c1-12(17(3)10-4-9-16)11-14-5-7-15(8-6-14)13(2)18;/h5-8,12H,4,10-11H2,1-3H3;1H. The van der Waals surface area contributed by atoms with Gasteiger partial charge in [-0.3, -0.25) is 4.79 Å². The maximum absolute atomic E-state index is 11.2. The number of hydrogen-bond donors (Lipinski definition) is 0. The quantitative estimate of drug-likeness (QED) is 0.752. The molecule has 0 spiro atoms. The predicted molar refractivity (Wildman–Crippen MR) is 79.7 cm³/mol. The van der Waals surface area contributed by atoms with E-state index in [1.54, 1.807) is 6.92 Å². The van der Waals surface area contributed by atoms with Gasteiger partial charge in [0.25, 0.3) is 0 Å². The van der Waals surface area contributed by atoms with Crippen molar-refractivity contribution in [2.75, 3.05) is 13.6 Å². The van der Waals surface area contributed by atoms with Crippen molar-refractivity contribution in [3.63, 3.8) is 0 Å². The van der Waals surface area contributed by atoms with Crippen LogP contribution in [0.1, 0.15) is 36.2 Å². The minimum atomic E-state index is 0. The van der Waals surface area contributed by atoms with Crippen molar-refractivity contribution in [3.05, 3.63) is 35.4 Å². The van der Waals surface area contributed by atoms with Crippen LogP contribution in [0.3, 0.4) is 0 Å². The van der Waals surface area contributed by atoms with Crippen LogP contribution in [-0.2, 0) is 6.42 Å². The summed E-state index contributed by atoms with van der Waals surface area (Å²) in [4.78, 5) is 13.3. The lowest BCUT2D eigenvalue weighted by Crippen LogP contribution is -2.31. The van der Waals surface area contributed by atoms with E-state index in [0.717, 1.165) is 18.5 Å². The summed E-state index contributed by atoms with van der Waals surface area (Å²) >= 11 is 0. The SMILES string of the molecule is CC(=O)c1ccc(CC(C)N(C)CCC#N)cc1.Cl. The molecule has 1 atom stereocenters. The largest absolute Gasteiger partial charge is 0.302 e. The zero-order chi connectivity index (χ0) is 13.5. The van der Waals surface area contributed by atoms with Gasteiger partial charge in [-0.1, -0.05) is 24.3 Å². The molecule has 1 aromatic rings. The van der Waals surface area contributed by atoms with E-state index in [1.807, 2.05) is 31.3 Å². The highest BCUT2D eigenvalue weighted by Gasteiger charge is 2.09. The number of nitriles is 1. The van der Waals surface area contributed by atoms with Crippen LogP contribution in [0.2, 0.25) is 0 Å². The monoisotopic (exact) mass is 280 g/mol. The Kier molecular flexibility index (Phi) is 8.06. The van der Waals surface area contributed by atoms with Crippen LogP contribution in [0.4, 0.5) is 0 Å². The summed E-state index contributed by atoms with van der Waals surface area (Å²) < 4.78 is 0. The zero-order valence-electron chi connectivity index (χ0n) is 11.7. The van der Waals surface area contributed by atoms with Gasteiger partial charge in [-0.05, 0) is 32.9 Å². The molecule has 0 N–H and O–H groups in total. The van der Waals surface area contributed by atoms with Gasteiger partial charge in [-0.15, -0.1) is 12.4 Å². The van der Waals surface area contributed by atoms with Crippen molar-refractivity contribution in [1.29, 1.82) is 5.26 Å². The molecule has 0 amide bonds. The molecule has 0 bridgehead atoms. The van der Waals surface area contributed by atoms with E-state index in [4.69, 9.17) is 5.26 Å². The molecule has 0 aromatic heterocycles. The highest BCUT2D eigenvalue weighted by atomic mass is 35.5. The van der Waals surface area contributed by atoms with E-state index in [-0.39, 0.29) is 18.2 Å². The molecule has 3 nitrogen and oxygen atoms in total. The van der Waals surface area contributed by atoms with E-state index in [2.05, 4.69) is 17.9 Å². The van der Waals surface area contributed by atoms with Crippen LogP contribution in [0.5, 0.6) is 0 Å². The molecule has 0 heterocycles. The second kappa shape index (κ2) is 8.68. The van der Waals surface area contributed by atoms with E-state index in [1.165, 1.54) is 5.56 Å². The molecule has 1 rings (SSSR count). The van der Waals surface area contributed by atoms with E-state index in [0.29, 0.717) is 12.5 Å². The Morgan fingerprint density at radius 2 is 1.95 bits per heavy atom. The number of rotatable bonds is 6. The second-order valence-electron chi connectivity index (χ2n) is 4.69. The third kappa shape index (κ3) is 5.87. The molecule has 1 aromatic carbocycles. The Bertz CT molecular complexity index is 436. The molecule has 0 fully saturated rings. The number of benzene rings is 1. The average Bonchev–Trinajstić information content (AvgIpc) is 2.36. The molecular formula is C15H21ClN2O. The first-order valence-corrected chi connectivity index (χ1v) is 6.21. The minimum Gasteiger partial charge on any atom is -0.302 e. The van der Waals surface area contributed by atoms with Gasteiger partial charge in [0.2, 0.25) is 0 Å². The predicted octanol–water partition coefficient (Wildman–Crippen LogP) is 3.09. The lowest BCUT2D eigenvalue weighted by Gasteiger charge is -2.23. The Hall–Kier alpha value is -1.37. The number of carbonyl (C=O) groups is 1. The van der Waals surface area contributed by atoms with Crippen LogP contribution in [0.15, 0.2) is 24.3 Å². The van der Waals surface area contributed by atoms with Crippen molar-refractivity contribution >= 4 is 18.2 Å². The van der Waals surface area contributed by atoms with Gasteiger partial charge < -0.3 is 4.90 Å². The fourth-order valence-electron chi connectivity index (χ4n) is 1.82. The summed E-state index contributed by atoms with van der Waals surface area (Å²) in [5.74, 6) is 0.0979. The van der Waals surface area contributed by atoms with Gasteiger partial charge in [0.05, 0.1) is 6.07 Å². The summed E-state index contributed by atoms with van der Waals surface area (Å²) in [5.41, 5.74) is 1.97. The summed E-state index contributed by atoms with van der Waals surface area (Å²) in [7, 11) is 2.03.